The van der Waals surface area contributed by atoms with Crippen molar-refractivity contribution in [2.75, 3.05) is 33.9 Å². The summed E-state index contributed by atoms with van der Waals surface area (Å²) in [5, 5.41) is 3.44. The molecule has 0 bridgehead atoms. The normalized spacial score (nSPS) is 32.2. The Hall–Kier alpha value is -0.650. The quantitative estimate of drug-likeness (QED) is 0.754. The third kappa shape index (κ3) is 3.40. The number of carbonyl (C=O) groups is 1. The number of nitrogens with zero attached hydrogens (tertiary/aromatic N) is 1. The van der Waals surface area contributed by atoms with Crippen LogP contribution < -0.4 is 5.32 Å². The molecule has 5 nitrogen and oxygen atoms in total. The summed E-state index contributed by atoms with van der Waals surface area (Å²) in [5.41, 5.74) is 0. The van der Waals surface area contributed by atoms with E-state index in [2.05, 4.69) is 5.32 Å². The third-order valence-corrected chi connectivity index (χ3v) is 3.48. The topological polar surface area (TPSA) is 50.8 Å². The number of fused-ring (bicyclic) bond motifs is 1. The molecule has 0 unspecified atom stereocenters. The number of hydrogen-bond donors (Lipinski definition) is 1. The molecule has 0 spiro atoms. The highest BCUT2D eigenvalue weighted by molar-refractivity contribution is 5.76. The summed E-state index contributed by atoms with van der Waals surface area (Å²) >= 11 is 0. The second-order valence-electron chi connectivity index (χ2n) is 5.03. The van der Waals surface area contributed by atoms with Gasteiger partial charge in [0.1, 0.15) is 6.61 Å². The van der Waals surface area contributed by atoms with Gasteiger partial charge in [0.15, 0.2) is 0 Å². The van der Waals surface area contributed by atoms with Crippen LogP contribution in [0.15, 0.2) is 0 Å². The largest absolute Gasteiger partial charge is 0.371 e. The summed E-state index contributed by atoms with van der Waals surface area (Å²) in [5.74, 6) is 0.00113. The number of hydrogen-bond acceptors (Lipinski definition) is 4. The third-order valence-electron chi connectivity index (χ3n) is 3.48. The lowest BCUT2D eigenvalue weighted by atomic mass is 10.0. The molecule has 2 aliphatic rings. The number of ether oxygens (including phenoxy) is 2. The van der Waals surface area contributed by atoms with E-state index in [0.717, 1.165) is 25.8 Å². The maximum atomic E-state index is 11.3. The van der Waals surface area contributed by atoms with Gasteiger partial charge in [-0.2, -0.15) is 0 Å². The standard InChI is InChI=1S/C12H22N2O3/c1-14(2)12(15)8-16-7-9-3-4-10-11(17-9)5-6-13-10/h9-11,13H,3-8H2,1-2H3/t9-,10-,11-/m1/s1. The lowest BCUT2D eigenvalue weighted by molar-refractivity contribution is -0.137. The van der Waals surface area contributed by atoms with Crippen LogP contribution in [0.2, 0.25) is 0 Å². The predicted octanol–water partition coefficient (Wildman–Crippen LogP) is 0.000700. The Labute approximate surface area is 102 Å². The molecule has 0 aromatic heterocycles. The Morgan fingerprint density at radius 2 is 2.24 bits per heavy atom. The van der Waals surface area contributed by atoms with Crippen LogP contribution >= 0.6 is 0 Å². The first-order chi connectivity index (χ1) is 8.16. The van der Waals surface area contributed by atoms with Crippen molar-refractivity contribution >= 4 is 5.91 Å². The lowest BCUT2D eigenvalue weighted by Crippen LogP contribution is -2.42. The second-order valence-corrected chi connectivity index (χ2v) is 5.03. The molecular formula is C12H22N2O3. The van der Waals surface area contributed by atoms with Crippen LogP contribution in [-0.2, 0) is 14.3 Å². The van der Waals surface area contributed by atoms with E-state index in [1.165, 1.54) is 0 Å². The Morgan fingerprint density at radius 1 is 1.41 bits per heavy atom. The van der Waals surface area contributed by atoms with Crippen LogP contribution in [0.3, 0.4) is 0 Å². The smallest absolute Gasteiger partial charge is 0.248 e. The molecule has 0 saturated carbocycles. The van der Waals surface area contributed by atoms with Crippen LogP contribution in [0.25, 0.3) is 0 Å². The van der Waals surface area contributed by atoms with Crippen molar-refractivity contribution in [1.82, 2.24) is 10.2 Å². The fourth-order valence-corrected chi connectivity index (χ4v) is 2.40. The first-order valence-electron chi connectivity index (χ1n) is 6.33. The summed E-state index contributed by atoms with van der Waals surface area (Å²) in [6.07, 6.45) is 3.77. The molecule has 0 aliphatic carbocycles. The van der Waals surface area contributed by atoms with Crippen molar-refractivity contribution in [2.45, 2.75) is 37.5 Å². The van der Waals surface area contributed by atoms with E-state index in [1.807, 2.05) is 0 Å². The molecule has 3 atom stereocenters. The predicted molar refractivity (Wildman–Crippen MR) is 63.8 cm³/mol. The molecule has 1 amide bonds. The molecule has 2 saturated heterocycles. The van der Waals surface area contributed by atoms with Gasteiger partial charge >= 0.3 is 0 Å². The van der Waals surface area contributed by atoms with E-state index in [4.69, 9.17) is 9.47 Å². The van der Waals surface area contributed by atoms with Crippen LogP contribution in [-0.4, -0.2) is 62.9 Å². The molecule has 0 radical (unpaired) electrons. The lowest BCUT2D eigenvalue weighted by Gasteiger charge is -2.32. The molecule has 2 aliphatic heterocycles. The van der Waals surface area contributed by atoms with Gasteiger partial charge in [0.05, 0.1) is 18.8 Å². The molecule has 2 fully saturated rings. The van der Waals surface area contributed by atoms with E-state index in [9.17, 15) is 4.79 Å². The maximum Gasteiger partial charge on any atom is 0.248 e. The minimum absolute atomic E-state index is 0.00113. The zero-order valence-electron chi connectivity index (χ0n) is 10.6. The van der Waals surface area contributed by atoms with Crippen molar-refractivity contribution in [2.24, 2.45) is 0 Å². The van der Waals surface area contributed by atoms with Gasteiger partial charge in [-0.05, 0) is 25.8 Å². The van der Waals surface area contributed by atoms with Gasteiger partial charge in [0.2, 0.25) is 5.91 Å². The van der Waals surface area contributed by atoms with E-state index < -0.39 is 0 Å². The minimum Gasteiger partial charge on any atom is -0.371 e. The molecule has 2 heterocycles. The zero-order valence-corrected chi connectivity index (χ0v) is 10.6. The molecule has 0 aromatic carbocycles. The molecule has 2 rings (SSSR count). The van der Waals surface area contributed by atoms with Crippen LogP contribution in [0.1, 0.15) is 19.3 Å². The number of amides is 1. The Morgan fingerprint density at radius 3 is 3.00 bits per heavy atom. The van der Waals surface area contributed by atoms with Crippen molar-refractivity contribution in [1.29, 1.82) is 0 Å². The first-order valence-corrected chi connectivity index (χ1v) is 6.33. The summed E-state index contributed by atoms with van der Waals surface area (Å²) in [7, 11) is 3.47. The van der Waals surface area contributed by atoms with Gasteiger partial charge in [-0.1, -0.05) is 0 Å². The average molecular weight is 242 g/mol. The number of rotatable bonds is 4. The van der Waals surface area contributed by atoms with Gasteiger partial charge in [0, 0.05) is 20.1 Å². The Kier molecular flexibility index (Phi) is 4.36. The number of nitrogens with one attached hydrogen (secondary N) is 1. The fourth-order valence-electron chi connectivity index (χ4n) is 2.40. The van der Waals surface area contributed by atoms with Crippen LogP contribution in [0.5, 0.6) is 0 Å². The highest BCUT2D eigenvalue weighted by Crippen LogP contribution is 2.25. The van der Waals surface area contributed by atoms with Crippen molar-refractivity contribution < 1.29 is 14.3 Å². The molecule has 0 aromatic rings. The second kappa shape index (κ2) is 5.80. The molecular weight excluding hydrogens is 220 g/mol. The fraction of sp³-hybridized carbons (Fsp3) is 0.917. The van der Waals surface area contributed by atoms with Gasteiger partial charge in [-0.15, -0.1) is 0 Å². The zero-order chi connectivity index (χ0) is 12.3. The highest BCUT2D eigenvalue weighted by atomic mass is 16.5. The van der Waals surface area contributed by atoms with Crippen molar-refractivity contribution in [3.05, 3.63) is 0 Å². The van der Waals surface area contributed by atoms with E-state index >= 15 is 0 Å². The van der Waals surface area contributed by atoms with Gasteiger partial charge in [-0.25, -0.2) is 0 Å². The van der Waals surface area contributed by atoms with E-state index in [1.54, 1.807) is 19.0 Å². The number of carbonyl (C=O) groups excluding carboxylic acids is 1. The average Bonchev–Trinajstić information content (AvgIpc) is 2.75. The summed E-state index contributed by atoms with van der Waals surface area (Å²) in [4.78, 5) is 12.9. The summed E-state index contributed by atoms with van der Waals surface area (Å²) < 4.78 is 11.3. The first kappa shape index (κ1) is 12.8. The van der Waals surface area contributed by atoms with E-state index in [-0.39, 0.29) is 18.6 Å². The Bertz CT molecular complexity index is 270. The monoisotopic (exact) mass is 242 g/mol. The molecule has 5 heteroatoms. The molecule has 17 heavy (non-hydrogen) atoms. The van der Waals surface area contributed by atoms with Gasteiger partial charge < -0.3 is 19.7 Å². The number of likely N-dealkylation sites (N-methyl/N-ethyl adjacent to an activating group) is 1. The van der Waals surface area contributed by atoms with Gasteiger partial charge in [-0.3, -0.25) is 4.79 Å². The van der Waals surface area contributed by atoms with Crippen LogP contribution in [0, 0.1) is 0 Å². The summed E-state index contributed by atoms with van der Waals surface area (Å²) in [6.45, 7) is 1.74. The van der Waals surface area contributed by atoms with Crippen LogP contribution in [0.4, 0.5) is 0 Å². The van der Waals surface area contributed by atoms with Crippen molar-refractivity contribution in [3.8, 4) is 0 Å². The Balaban J connectivity index is 1.65. The molecule has 98 valence electrons. The van der Waals surface area contributed by atoms with E-state index in [0.29, 0.717) is 18.8 Å². The minimum atomic E-state index is 0.00113. The summed E-state index contributed by atoms with van der Waals surface area (Å²) in [6, 6.07) is 0.537. The SMILES string of the molecule is CN(C)C(=O)COC[C@H]1CC[C@H]2NCC[C@H]2O1. The maximum absolute atomic E-state index is 11.3. The van der Waals surface area contributed by atoms with Crippen molar-refractivity contribution in [3.63, 3.8) is 0 Å². The molecule has 1 N–H and O–H groups in total. The van der Waals surface area contributed by atoms with Gasteiger partial charge in [0.25, 0.3) is 0 Å². The highest BCUT2D eigenvalue weighted by Gasteiger charge is 2.34.